The third-order valence-corrected chi connectivity index (χ3v) is 7.42. The number of aliphatic hydroxyl groups is 1. The monoisotopic (exact) mass is 439 g/mol. The number of nitrogens with two attached hydrogens (primary N) is 1. The second-order valence-electron chi connectivity index (χ2n) is 9.79. The van der Waals surface area contributed by atoms with Crippen LogP contribution in [0.15, 0.2) is 66.9 Å². The van der Waals surface area contributed by atoms with Crippen LogP contribution in [0.3, 0.4) is 0 Å². The van der Waals surface area contributed by atoms with E-state index >= 15 is 0 Å². The number of aromatic nitrogens is 2. The van der Waals surface area contributed by atoms with Gasteiger partial charge in [0.05, 0.1) is 16.8 Å². The van der Waals surface area contributed by atoms with Crippen LogP contribution in [0.25, 0.3) is 33.3 Å². The molecule has 166 valence electrons. The zero-order chi connectivity index (χ0) is 22.8. The summed E-state index contributed by atoms with van der Waals surface area (Å²) in [7, 11) is 0. The maximum absolute atomic E-state index is 14.8. The van der Waals surface area contributed by atoms with Crippen molar-refractivity contribution in [3.8, 4) is 22.4 Å². The number of benzene rings is 2. The molecule has 0 amide bonds. The highest BCUT2D eigenvalue weighted by Crippen LogP contribution is 2.57. The zero-order valence-electron chi connectivity index (χ0n) is 18.6. The summed E-state index contributed by atoms with van der Waals surface area (Å²) in [6, 6.07) is 18.7. The summed E-state index contributed by atoms with van der Waals surface area (Å²) in [5.74, 6) is 0.129. The molecule has 2 fully saturated rings. The lowest BCUT2D eigenvalue weighted by molar-refractivity contribution is -0.106. The van der Waals surface area contributed by atoms with Gasteiger partial charge in [-0.1, -0.05) is 42.5 Å². The maximum atomic E-state index is 14.8. The van der Waals surface area contributed by atoms with E-state index in [9.17, 15) is 9.50 Å². The highest BCUT2D eigenvalue weighted by molar-refractivity contribution is 5.92. The number of aryl methyl sites for hydroxylation is 1. The van der Waals surface area contributed by atoms with Crippen LogP contribution in [0.5, 0.6) is 0 Å². The minimum atomic E-state index is -0.600. The van der Waals surface area contributed by atoms with E-state index in [-0.39, 0.29) is 5.82 Å². The van der Waals surface area contributed by atoms with Gasteiger partial charge in [-0.3, -0.25) is 4.98 Å². The smallest absolute Gasteiger partial charge is 0.131 e. The third-order valence-electron chi connectivity index (χ3n) is 7.42. The van der Waals surface area contributed by atoms with Crippen LogP contribution in [0.1, 0.15) is 36.9 Å². The van der Waals surface area contributed by atoms with Gasteiger partial charge in [0, 0.05) is 39.5 Å². The van der Waals surface area contributed by atoms with Gasteiger partial charge in [0.25, 0.3) is 0 Å². The second kappa shape index (κ2) is 7.17. The number of fused-ring (bicyclic) bond motifs is 1. The van der Waals surface area contributed by atoms with Crippen LogP contribution < -0.4 is 5.73 Å². The molecule has 4 nitrogen and oxygen atoms in total. The van der Waals surface area contributed by atoms with Gasteiger partial charge in [-0.2, -0.15) is 0 Å². The van der Waals surface area contributed by atoms with Crippen molar-refractivity contribution < 1.29 is 9.50 Å². The average Bonchev–Trinajstić information content (AvgIpc) is 3.64. The highest BCUT2D eigenvalue weighted by atomic mass is 19.1. The molecule has 0 unspecified atom stereocenters. The Labute approximate surface area is 192 Å². The van der Waals surface area contributed by atoms with Crippen LogP contribution in [0, 0.1) is 18.7 Å². The Kier molecular flexibility index (Phi) is 4.45. The Morgan fingerprint density at radius 1 is 1.00 bits per heavy atom. The van der Waals surface area contributed by atoms with Crippen LogP contribution in [-0.4, -0.2) is 20.7 Å². The van der Waals surface area contributed by atoms with Gasteiger partial charge in [-0.15, -0.1) is 0 Å². The summed E-state index contributed by atoms with van der Waals surface area (Å²) < 4.78 is 14.8. The number of rotatable bonds is 4. The minimum absolute atomic E-state index is 0.284. The van der Waals surface area contributed by atoms with E-state index < -0.39 is 11.1 Å². The molecule has 4 aromatic rings. The van der Waals surface area contributed by atoms with Crippen molar-refractivity contribution in [2.45, 2.75) is 43.7 Å². The normalized spacial score (nSPS) is 24.6. The first-order valence-electron chi connectivity index (χ1n) is 11.5. The number of hydrogen-bond donors (Lipinski definition) is 2. The van der Waals surface area contributed by atoms with Crippen molar-refractivity contribution in [1.82, 2.24) is 9.97 Å². The Balaban J connectivity index is 1.43. The molecule has 2 aliphatic carbocycles. The summed E-state index contributed by atoms with van der Waals surface area (Å²) in [6.45, 7) is 1.94. The molecule has 0 aliphatic heterocycles. The lowest BCUT2D eigenvalue weighted by atomic mass is 9.60. The lowest BCUT2D eigenvalue weighted by Crippen LogP contribution is -2.60. The molecule has 2 aliphatic rings. The van der Waals surface area contributed by atoms with Crippen molar-refractivity contribution in [3.63, 3.8) is 0 Å². The number of pyridine rings is 2. The van der Waals surface area contributed by atoms with E-state index in [1.54, 1.807) is 18.3 Å². The first-order chi connectivity index (χ1) is 15.9. The van der Waals surface area contributed by atoms with E-state index in [2.05, 4.69) is 4.98 Å². The maximum Gasteiger partial charge on any atom is 0.131 e. The SMILES string of the molecule is Cc1nccc2nc(-c3ccc([C@]4(N)C[C@@](O)(C5CC5)C4)cc3)c(-c3ccccc3F)cc12. The molecule has 3 N–H and O–H groups in total. The third kappa shape index (κ3) is 3.35. The fourth-order valence-electron chi connectivity index (χ4n) is 5.45. The fourth-order valence-corrected chi connectivity index (χ4v) is 5.45. The van der Waals surface area contributed by atoms with E-state index in [4.69, 9.17) is 10.7 Å². The quantitative estimate of drug-likeness (QED) is 0.440. The Morgan fingerprint density at radius 3 is 2.42 bits per heavy atom. The van der Waals surface area contributed by atoms with Crippen LogP contribution in [0.2, 0.25) is 0 Å². The van der Waals surface area contributed by atoms with Crippen molar-refractivity contribution in [3.05, 3.63) is 83.9 Å². The van der Waals surface area contributed by atoms with E-state index in [1.165, 1.54) is 6.07 Å². The van der Waals surface area contributed by atoms with Crippen molar-refractivity contribution in [1.29, 1.82) is 0 Å². The van der Waals surface area contributed by atoms with Gasteiger partial charge in [0.15, 0.2) is 0 Å². The van der Waals surface area contributed by atoms with Gasteiger partial charge in [-0.05, 0) is 62.3 Å². The van der Waals surface area contributed by atoms with Crippen LogP contribution >= 0.6 is 0 Å². The Bertz CT molecular complexity index is 1370. The molecule has 0 radical (unpaired) electrons. The van der Waals surface area contributed by atoms with Crippen molar-refractivity contribution >= 4 is 10.9 Å². The Hall–Kier alpha value is -3.15. The van der Waals surface area contributed by atoms with Gasteiger partial charge in [-0.25, -0.2) is 9.37 Å². The fraction of sp³-hybridized carbons (Fsp3) is 0.286. The molecule has 0 spiro atoms. The molecule has 2 saturated carbocycles. The van der Waals surface area contributed by atoms with Gasteiger partial charge in [0.1, 0.15) is 5.82 Å². The molecule has 2 aromatic heterocycles. The molecular formula is C28H26FN3O. The van der Waals surface area contributed by atoms with Crippen LogP contribution in [0.4, 0.5) is 4.39 Å². The van der Waals surface area contributed by atoms with Gasteiger partial charge >= 0.3 is 0 Å². The molecule has 2 aromatic carbocycles. The molecule has 2 heterocycles. The number of nitrogens with zero attached hydrogens (tertiary/aromatic N) is 2. The summed E-state index contributed by atoms with van der Waals surface area (Å²) in [5.41, 5.74) is 11.1. The highest BCUT2D eigenvalue weighted by Gasteiger charge is 2.58. The molecule has 0 saturated heterocycles. The van der Waals surface area contributed by atoms with Crippen molar-refractivity contribution in [2.75, 3.05) is 0 Å². The van der Waals surface area contributed by atoms with E-state index in [0.29, 0.717) is 24.3 Å². The molecule has 0 atom stereocenters. The predicted octanol–water partition coefficient (Wildman–Crippen LogP) is 5.50. The van der Waals surface area contributed by atoms with Crippen LogP contribution in [-0.2, 0) is 5.54 Å². The zero-order valence-corrected chi connectivity index (χ0v) is 18.6. The first kappa shape index (κ1) is 20.5. The average molecular weight is 440 g/mol. The largest absolute Gasteiger partial charge is 0.389 e. The van der Waals surface area contributed by atoms with Crippen molar-refractivity contribution in [2.24, 2.45) is 11.7 Å². The van der Waals surface area contributed by atoms with E-state index in [1.807, 2.05) is 49.4 Å². The topological polar surface area (TPSA) is 72.0 Å². The summed E-state index contributed by atoms with van der Waals surface area (Å²) in [4.78, 5) is 9.31. The summed E-state index contributed by atoms with van der Waals surface area (Å²) >= 11 is 0. The second-order valence-corrected chi connectivity index (χ2v) is 9.79. The number of hydrogen-bond acceptors (Lipinski definition) is 4. The predicted molar refractivity (Wildman–Crippen MR) is 128 cm³/mol. The summed E-state index contributed by atoms with van der Waals surface area (Å²) in [5, 5.41) is 11.7. The lowest BCUT2D eigenvalue weighted by Gasteiger charge is -2.52. The van der Waals surface area contributed by atoms with E-state index in [0.717, 1.165) is 51.8 Å². The molecule has 33 heavy (non-hydrogen) atoms. The first-order valence-corrected chi connectivity index (χ1v) is 11.5. The Morgan fingerprint density at radius 2 is 1.73 bits per heavy atom. The number of halogens is 1. The molecule has 0 bridgehead atoms. The van der Waals surface area contributed by atoms with Gasteiger partial charge in [0.2, 0.25) is 0 Å². The molecule has 6 rings (SSSR count). The molecular weight excluding hydrogens is 413 g/mol. The molecule has 5 heteroatoms. The summed E-state index contributed by atoms with van der Waals surface area (Å²) in [6.07, 6.45) is 5.16. The van der Waals surface area contributed by atoms with Gasteiger partial charge < -0.3 is 10.8 Å². The minimum Gasteiger partial charge on any atom is -0.389 e. The standard InChI is InChI=1S/C28H26FN3O/c1-17-22-14-23(21-4-2-3-5-24(21)29)26(32-25(22)12-13-31-17)18-6-8-19(9-7-18)27(30)15-28(33,16-27)20-10-11-20/h2-9,12-14,20,33H,10-11,15-16,30H2,1H3/t27-,28-.